The van der Waals surface area contributed by atoms with E-state index in [9.17, 15) is 14.4 Å². The number of anilines is 4. The van der Waals surface area contributed by atoms with Gasteiger partial charge in [0.1, 0.15) is 11.6 Å². The molecular formula is C22H19Cl2N5O4. The van der Waals surface area contributed by atoms with Gasteiger partial charge >= 0.3 is 0 Å². The van der Waals surface area contributed by atoms with Crippen LogP contribution >= 0.6 is 23.2 Å². The SMILES string of the molecule is COc1ccc(C)c(NC(=O)[C@H]2CC(=O)Nc3nc(Nc4ccc(Cl)cc4Cl)[nH]c(=O)c32)c1. The Hall–Kier alpha value is -3.56. The normalized spacial score (nSPS) is 14.8. The number of halogens is 2. The van der Waals surface area contributed by atoms with E-state index in [2.05, 4.69) is 25.9 Å². The molecule has 1 atom stereocenters. The molecule has 4 N–H and O–H groups in total. The number of aromatic amines is 1. The number of hydrogen-bond acceptors (Lipinski definition) is 6. The summed E-state index contributed by atoms with van der Waals surface area (Å²) in [6, 6.07) is 10.0. The Morgan fingerprint density at radius 3 is 2.67 bits per heavy atom. The van der Waals surface area contributed by atoms with Crippen molar-refractivity contribution >= 4 is 58.2 Å². The average Bonchev–Trinajstić information content (AvgIpc) is 2.76. The number of hydrogen-bond donors (Lipinski definition) is 4. The number of amides is 2. The fourth-order valence-corrected chi connectivity index (χ4v) is 3.91. The van der Waals surface area contributed by atoms with E-state index in [0.717, 1.165) is 5.56 Å². The van der Waals surface area contributed by atoms with Crippen molar-refractivity contribution < 1.29 is 14.3 Å². The van der Waals surface area contributed by atoms with Gasteiger partial charge in [0.25, 0.3) is 5.56 Å². The second kappa shape index (κ2) is 9.13. The molecule has 9 nitrogen and oxygen atoms in total. The van der Waals surface area contributed by atoms with Gasteiger partial charge in [-0.05, 0) is 36.8 Å². The number of H-pyrrole nitrogens is 1. The van der Waals surface area contributed by atoms with Crippen LogP contribution in [-0.2, 0) is 9.59 Å². The van der Waals surface area contributed by atoms with Crippen molar-refractivity contribution in [2.75, 3.05) is 23.1 Å². The van der Waals surface area contributed by atoms with Gasteiger partial charge in [-0.2, -0.15) is 4.98 Å². The van der Waals surface area contributed by atoms with Crippen LogP contribution in [0.4, 0.5) is 23.1 Å². The molecule has 0 fully saturated rings. The smallest absolute Gasteiger partial charge is 0.258 e. The van der Waals surface area contributed by atoms with Gasteiger partial charge in [0.15, 0.2) is 0 Å². The third-order valence-corrected chi connectivity index (χ3v) is 5.70. The van der Waals surface area contributed by atoms with Crippen LogP contribution in [0.25, 0.3) is 0 Å². The van der Waals surface area contributed by atoms with Crippen molar-refractivity contribution in [3.05, 3.63) is 67.9 Å². The Labute approximate surface area is 198 Å². The zero-order valence-corrected chi connectivity index (χ0v) is 19.1. The molecule has 3 aromatic rings. The summed E-state index contributed by atoms with van der Waals surface area (Å²) in [6.45, 7) is 1.82. The summed E-state index contributed by atoms with van der Waals surface area (Å²) in [5, 5.41) is 9.00. The van der Waals surface area contributed by atoms with Gasteiger partial charge in [-0.3, -0.25) is 19.4 Å². The number of benzene rings is 2. The van der Waals surface area contributed by atoms with Crippen molar-refractivity contribution in [1.29, 1.82) is 0 Å². The van der Waals surface area contributed by atoms with Crippen molar-refractivity contribution in [3.63, 3.8) is 0 Å². The van der Waals surface area contributed by atoms with Gasteiger partial charge in [-0.1, -0.05) is 29.3 Å². The third kappa shape index (κ3) is 4.79. The first-order valence-corrected chi connectivity index (χ1v) is 10.6. The van der Waals surface area contributed by atoms with Crippen LogP contribution in [0.3, 0.4) is 0 Å². The highest BCUT2D eigenvalue weighted by Gasteiger charge is 2.35. The second-order valence-corrected chi connectivity index (χ2v) is 8.24. The summed E-state index contributed by atoms with van der Waals surface area (Å²) in [4.78, 5) is 45.2. The molecule has 1 aliphatic heterocycles. The summed E-state index contributed by atoms with van der Waals surface area (Å²) >= 11 is 12.1. The van der Waals surface area contributed by atoms with Crippen LogP contribution in [0.2, 0.25) is 10.0 Å². The maximum atomic E-state index is 13.1. The molecule has 0 saturated heterocycles. The van der Waals surface area contributed by atoms with E-state index in [0.29, 0.717) is 27.2 Å². The summed E-state index contributed by atoms with van der Waals surface area (Å²) in [7, 11) is 1.52. The molecule has 0 aliphatic carbocycles. The Morgan fingerprint density at radius 2 is 1.94 bits per heavy atom. The Balaban J connectivity index is 1.65. The first-order chi connectivity index (χ1) is 15.7. The molecule has 2 amide bonds. The first kappa shape index (κ1) is 22.6. The van der Waals surface area contributed by atoms with E-state index in [4.69, 9.17) is 27.9 Å². The summed E-state index contributed by atoms with van der Waals surface area (Å²) in [5.74, 6) is -1.34. The molecule has 0 radical (unpaired) electrons. The number of methoxy groups -OCH3 is 1. The van der Waals surface area contributed by atoms with Crippen LogP contribution in [0.15, 0.2) is 41.2 Å². The molecule has 11 heteroatoms. The quantitative estimate of drug-likeness (QED) is 0.427. The minimum atomic E-state index is -1.02. The highest BCUT2D eigenvalue weighted by molar-refractivity contribution is 6.36. The number of carbonyl (C=O) groups excluding carboxylic acids is 2. The number of rotatable bonds is 5. The molecule has 0 unspecified atom stereocenters. The van der Waals surface area contributed by atoms with E-state index in [-0.39, 0.29) is 23.8 Å². The minimum Gasteiger partial charge on any atom is -0.497 e. The van der Waals surface area contributed by atoms with E-state index in [1.165, 1.54) is 13.2 Å². The second-order valence-electron chi connectivity index (χ2n) is 7.40. The topological polar surface area (TPSA) is 125 Å². The molecule has 170 valence electrons. The van der Waals surface area contributed by atoms with Crippen LogP contribution in [0.5, 0.6) is 5.75 Å². The highest BCUT2D eigenvalue weighted by atomic mass is 35.5. The van der Waals surface area contributed by atoms with Crippen LogP contribution in [-0.4, -0.2) is 28.9 Å². The van der Waals surface area contributed by atoms with E-state index >= 15 is 0 Å². The Kier molecular flexibility index (Phi) is 6.26. The molecule has 4 rings (SSSR count). The van der Waals surface area contributed by atoms with Crippen LogP contribution in [0, 0.1) is 6.92 Å². The van der Waals surface area contributed by atoms with Crippen molar-refractivity contribution in [2.45, 2.75) is 19.3 Å². The lowest BCUT2D eigenvalue weighted by Crippen LogP contribution is -2.36. The van der Waals surface area contributed by atoms with Gasteiger partial charge in [0.2, 0.25) is 17.8 Å². The molecule has 0 spiro atoms. The van der Waals surface area contributed by atoms with Gasteiger partial charge in [0.05, 0.1) is 29.3 Å². The number of nitrogens with zero attached hydrogens (tertiary/aromatic N) is 1. The van der Waals surface area contributed by atoms with E-state index < -0.39 is 23.3 Å². The molecule has 1 aliphatic rings. The number of carbonyl (C=O) groups is 2. The van der Waals surface area contributed by atoms with Crippen LogP contribution < -0.4 is 26.2 Å². The largest absolute Gasteiger partial charge is 0.497 e. The summed E-state index contributed by atoms with van der Waals surface area (Å²) in [5.41, 5.74) is 1.28. The Bertz CT molecular complexity index is 1320. The van der Waals surface area contributed by atoms with Gasteiger partial charge in [-0.25, -0.2) is 0 Å². The summed E-state index contributed by atoms with van der Waals surface area (Å²) < 4.78 is 5.20. The molecule has 1 aromatic heterocycles. The number of fused-ring (bicyclic) bond motifs is 1. The fourth-order valence-electron chi connectivity index (χ4n) is 3.46. The lowest BCUT2D eigenvalue weighted by Gasteiger charge is -2.24. The predicted octanol–water partition coefficient (Wildman–Crippen LogP) is 4.20. The number of aryl methyl sites for hydroxylation is 1. The average molecular weight is 488 g/mol. The maximum absolute atomic E-state index is 13.1. The molecule has 2 aromatic carbocycles. The molecule has 0 saturated carbocycles. The zero-order valence-electron chi connectivity index (χ0n) is 17.6. The lowest BCUT2D eigenvalue weighted by molar-refractivity contribution is -0.123. The van der Waals surface area contributed by atoms with Gasteiger partial charge in [0, 0.05) is 23.2 Å². The molecule has 0 bridgehead atoms. The van der Waals surface area contributed by atoms with E-state index in [1.807, 2.05) is 6.92 Å². The maximum Gasteiger partial charge on any atom is 0.258 e. The van der Waals surface area contributed by atoms with E-state index in [1.54, 1.807) is 30.3 Å². The molecule has 2 heterocycles. The lowest BCUT2D eigenvalue weighted by atomic mass is 9.92. The van der Waals surface area contributed by atoms with Crippen molar-refractivity contribution in [3.8, 4) is 5.75 Å². The number of nitrogens with one attached hydrogen (secondary N) is 4. The van der Waals surface area contributed by atoms with Gasteiger partial charge in [-0.15, -0.1) is 0 Å². The minimum absolute atomic E-state index is 0.00472. The number of ether oxygens (including phenoxy) is 1. The molecular weight excluding hydrogens is 469 g/mol. The highest BCUT2D eigenvalue weighted by Crippen LogP contribution is 2.32. The van der Waals surface area contributed by atoms with Crippen molar-refractivity contribution in [1.82, 2.24) is 9.97 Å². The Morgan fingerprint density at radius 1 is 1.15 bits per heavy atom. The van der Waals surface area contributed by atoms with Crippen molar-refractivity contribution in [2.24, 2.45) is 0 Å². The monoisotopic (exact) mass is 487 g/mol. The molecule has 33 heavy (non-hydrogen) atoms. The predicted molar refractivity (Wildman–Crippen MR) is 127 cm³/mol. The first-order valence-electron chi connectivity index (χ1n) is 9.87. The third-order valence-electron chi connectivity index (χ3n) is 5.15. The fraction of sp³-hybridized carbons (Fsp3) is 0.182. The van der Waals surface area contributed by atoms with Crippen LogP contribution in [0.1, 0.15) is 23.5 Å². The standard InChI is InChI=1S/C22H19Cl2N5O4/c1-10-3-5-12(33-2)8-16(10)25-20(31)13-9-17(30)27-19-18(13)21(32)29-22(28-19)26-15-6-4-11(23)7-14(15)24/h3-8,13H,9H2,1-2H3,(H,25,31)(H3,26,27,28,29,30,32)/t13-/m0/s1. The van der Waals surface area contributed by atoms with Gasteiger partial charge < -0.3 is 20.7 Å². The number of aromatic nitrogens is 2. The summed E-state index contributed by atoms with van der Waals surface area (Å²) in [6.07, 6.45) is -0.192. The zero-order chi connectivity index (χ0) is 23.7.